The van der Waals surface area contributed by atoms with Gasteiger partial charge in [-0.2, -0.15) is 0 Å². The summed E-state index contributed by atoms with van der Waals surface area (Å²) in [6, 6.07) is 5.39. The lowest BCUT2D eigenvalue weighted by atomic mass is 9.44. The number of carbonyl (C=O) groups excluding carboxylic acids is 4. The van der Waals surface area contributed by atoms with Gasteiger partial charge in [0.05, 0.1) is 49.6 Å². The zero-order valence-electron chi connectivity index (χ0n) is 45.5. The van der Waals surface area contributed by atoms with Crippen LogP contribution in [0.15, 0.2) is 65.3 Å². The number of esters is 2. The van der Waals surface area contributed by atoms with Crippen molar-refractivity contribution < 1.29 is 76.8 Å². The average Bonchev–Trinajstić information content (AvgIpc) is 2.62. The highest BCUT2D eigenvalue weighted by Gasteiger charge is 2.86. The second kappa shape index (κ2) is 19.9. The van der Waals surface area contributed by atoms with Crippen LogP contribution in [0.25, 0.3) is 6.08 Å². The van der Waals surface area contributed by atoms with Crippen molar-refractivity contribution in [2.45, 2.75) is 166 Å². The Labute approximate surface area is 444 Å². The number of methoxy groups -OCH3 is 1. The first-order chi connectivity index (χ1) is 35.9. The van der Waals surface area contributed by atoms with Crippen LogP contribution >= 0.6 is 0 Å². The van der Waals surface area contributed by atoms with Crippen molar-refractivity contribution in [1.82, 2.24) is 4.90 Å². The van der Waals surface area contributed by atoms with Gasteiger partial charge in [-0.15, -0.1) is 0 Å². The molecule has 11 rings (SSSR count). The molecule has 410 valence electrons. The van der Waals surface area contributed by atoms with Gasteiger partial charge in [-0.3, -0.25) is 14.5 Å². The molecule has 6 aliphatic heterocycles. The standard InChI is InChI=1S/C59H73NO16/c1-31(2)13-12-22-57(10)23-21-37-47(74-57)36(19-14-32(3)4)49-41(48(37)72-53(66)34-15-17-35(18-16-34)70-54-46(63)45(62)50-39(71-54)30-69-56(8,9)73-50)44(61)42-43(60-25-27-68-28-26-60)38-29-40-55(6,7)76-58(51(38)64,59(40,42)75-49)24-20-33(5)52(65)67-11/h13-18,20-21,23,38-40,42-43,45-46,50,54,62-63H,12,19,22,24-30H2,1-11H3/b33-20-/t38?,39-,40?,42?,43?,45+,46-,50-,54-,57?,58?,59?/m1/s1. The first-order valence-corrected chi connectivity index (χ1v) is 26.7. The molecule has 0 radical (unpaired) electrons. The van der Waals surface area contributed by atoms with E-state index in [2.05, 4.69) is 11.0 Å². The number of aliphatic hydroxyl groups is 2. The Morgan fingerprint density at radius 2 is 1.61 bits per heavy atom. The molecule has 3 aliphatic carbocycles. The number of ketones is 2. The highest BCUT2D eigenvalue weighted by molar-refractivity contribution is 6.11. The van der Waals surface area contributed by atoms with Gasteiger partial charge in [0.2, 0.25) is 6.29 Å². The molecule has 17 heteroatoms. The molecule has 1 spiro atoms. The number of allylic oxidation sites excluding steroid dienone is 4. The van der Waals surface area contributed by atoms with Crippen LogP contribution in [0.1, 0.15) is 127 Å². The minimum Gasteiger partial charge on any atom is -0.482 e. The van der Waals surface area contributed by atoms with Crippen LogP contribution in [0.5, 0.6) is 23.0 Å². The van der Waals surface area contributed by atoms with Crippen LogP contribution in [-0.2, 0) is 44.4 Å². The van der Waals surface area contributed by atoms with Gasteiger partial charge < -0.3 is 57.6 Å². The predicted octanol–water partition coefficient (Wildman–Crippen LogP) is 7.21. The zero-order chi connectivity index (χ0) is 54.4. The third kappa shape index (κ3) is 9.05. The van der Waals surface area contributed by atoms with Gasteiger partial charge in [0.1, 0.15) is 52.8 Å². The number of benzene rings is 2. The summed E-state index contributed by atoms with van der Waals surface area (Å²) in [7, 11) is 1.30. The molecule has 12 atom stereocenters. The maximum Gasteiger partial charge on any atom is 0.343 e. The van der Waals surface area contributed by atoms with Crippen LogP contribution in [0.4, 0.5) is 0 Å². The SMILES string of the molecule is COC(=O)/C(C)=C\CC12OC(C)(C)C3CC(C1=O)C(N1CCOCC1)C1C(=O)c4c(OC(=O)c5ccc(O[C@@H]6O[C@@H]7COC(C)(C)O[C@H]7[C@@H](O)[C@H]6O)cc5)c5c(c(CC=C(C)C)c4OC132)OC(C)(CCC=C(C)C)C=C5. The van der Waals surface area contributed by atoms with E-state index in [0.717, 1.165) is 5.57 Å². The summed E-state index contributed by atoms with van der Waals surface area (Å²) >= 11 is 0. The number of morpholine rings is 1. The number of ether oxygens (including phenoxy) is 10. The number of carbonyl (C=O) groups is 4. The molecule has 4 saturated heterocycles. The molecule has 2 aromatic carbocycles. The van der Waals surface area contributed by atoms with Gasteiger partial charge >= 0.3 is 11.9 Å². The van der Waals surface area contributed by atoms with E-state index in [9.17, 15) is 19.8 Å². The molecule has 9 aliphatic rings. The van der Waals surface area contributed by atoms with Gasteiger partial charge in [0, 0.05) is 48.5 Å². The Kier molecular flexibility index (Phi) is 14.2. The van der Waals surface area contributed by atoms with Crippen molar-refractivity contribution in [3.8, 4) is 23.0 Å². The summed E-state index contributed by atoms with van der Waals surface area (Å²) in [5, 5.41) is 22.1. The van der Waals surface area contributed by atoms with Crippen molar-refractivity contribution >= 4 is 29.6 Å². The van der Waals surface area contributed by atoms with E-state index in [4.69, 9.17) is 47.4 Å². The summed E-state index contributed by atoms with van der Waals surface area (Å²) in [6.45, 7) is 20.9. The molecule has 4 bridgehead atoms. The van der Waals surface area contributed by atoms with Gasteiger partial charge in [-0.05, 0) is 131 Å². The number of nitrogens with zero attached hydrogens (tertiary/aromatic N) is 1. The number of Topliss-reactive ketones (excluding diaryl/α,β-unsaturated/α-hetero) is 2. The fraction of sp³-hybridized carbons (Fsp3) is 0.593. The minimum atomic E-state index is -1.72. The number of hydrogen-bond donors (Lipinski definition) is 2. The van der Waals surface area contributed by atoms with Gasteiger partial charge in [0.25, 0.3) is 0 Å². The normalized spacial score (nSPS) is 34.6. The molecule has 2 N–H and O–H groups in total. The first-order valence-electron chi connectivity index (χ1n) is 26.7. The highest BCUT2D eigenvalue weighted by atomic mass is 16.8. The highest BCUT2D eigenvalue weighted by Crippen LogP contribution is 2.71. The van der Waals surface area contributed by atoms with Gasteiger partial charge in [0.15, 0.2) is 34.3 Å². The Morgan fingerprint density at radius 3 is 2.29 bits per heavy atom. The predicted molar refractivity (Wildman–Crippen MR) is 276 cm³/mol. The fourth-order valence-electron chi connectivity index (χ4n) is 13.2. The van der Waals surface area contributed by atoms with E-state index in [-0.39, 0.29) is 65.0 Å². The van der Waals surface area contributed by atoms with Crippen molar-refractivity contribution in [2.24, 2.45) is 17.8 Å². The van der Waals surface area contributed by atoms with E-state index >= 15 is 9.59 Å². The summed E-state index contributed by atoms with van der Waals surface area (Å²) in [6.07, 6.45) is 5.91. The lowest BCUT2D eigenvalue weighted by Crippen LogP contribution is -2.82. The lowest BCUT2D eigenvalue weighted by Gasteiger charge is -2.64. The van der Waals surface area contributed by atoms with E-state index in [1.54, 1.807) is 26.8 Å². The summed E-state index contributed by atoms with van der Waals surface area (Å²) in [5.41, 5.74) is -1.60. The third-order valence-corrected chi connectivity index (χ3v) is 16.9. The maximum absolute atomic E-state index is 16.7. The second-order valence-electron chi connectivity index (χ2n) is 23.4. The Morgan fingerprint density at radius 1 is 0.895 bits per heavy atom. The Hall–Kier alpha value is -5.24. The van der Waals surface area contributed by atoms with Crippen molar-refractivity contribution in [2.75, 3.05) is 40.0 Å². The minimum absolute atomic E-state index is 0.0439. The molecule has 6 heterocycles. The van der Waals surface area contributed by atoms with Gasteiger partial charge in [-0.1, -0.05) is 29.4 Å². The number of fused-ring (bicyclic) bond motifs is 3. The molecule has 0 amide bonds. The largest absolute Gasteiger partial charge is 0.482 e. The molecule has 7 unspecified atom stereocenters. The molecule has 2 aromatic rings. The monoisotopic (exact) mass is 1050 g/mol. The smallest absolute Gasteiger partial charge is 0.343 e. The second-order valence-corrected chi connectivity index (χ2v) is 23.4. The van der Waals surface area contributed by atoms with Crippen molar-refractivity contribution in [3.05, 3.63) is 87.5 Å². The number of rotatable bonds is 13. The summed E-state index contributed by atoms with van der Waals surface area (Å²) in [4.78, 5) is 62.3. The molecule has 17 nitrogen and oxygen atoms in total. The fourth-order valence-corrected chi connectivity index (χ4v) is 13.2. The van der Waals surface area contributed by atoms with Crippen LogP contribution in [-0.4, -0.2) is 144 Å². The lowest BCUT2D eigenvalue weighted by molar-refractivity contribution is -0.373. The average molecular weight is 1050 g/mol. The Balaban J connectivity index is 1.11. The van der Waals surface area contributed by atoms with Crippen molar-refractivity contribution in [1.29, 1.82) is 0 Å². The molecule has 7 fully saturated rings. The third-order valence-electron chi connectivity index (χ3n) is 16.9. The molecule has 0 aromatic heterocycles. The molecule has 3 saturated carbocycles. The first kappa shape index (κ1) is 54.1. The van der Waals surface area contributed by atoms with Gasteiger partial charge in [-0.25, -0.2) is 9.59 Å². The summed E-state index contributed by atoms with van der Waals surface area (Å²) < 4.78 is 63.3. The summed E-state index contributed by atoms with van der Waals surface area (Å²) in [5.74, 6) is -4.32. The van der Waals surface area contributed by atoms with E-state index in [1.165, 1.54) is 36.9 Å². The number of aliphatic hydroxyl groups excluding tert-OH is 2. The Bertz CT molecular complexity index is 2790. The van der Waals surface area contributed by atoms with E-state index < -0.39 is 94.6 Å². The van der Waals surface area contributed by atoms with E-state index in [0.29, 0.717) is 62.4 Å². The molecule has 76 heavy (non-hydrogen) atoms. The maximum atomic E-state index is 16.7. The van der Waals surface area contributed by atoms with Crippen LogP contribution in [0, 0.1) is 17.8 Å². The van der Waals surface area contributed by atoms with Crippen molar-refractivity contribution in [3.63, 3.8) is 0 Å². The number of hydrogen-bond acceptors (Lipinski definition) is 17. The van der Waals surface area contributed by atoms with Crippen LogP contribution in [0.3, 0.4) is 0 Å². The van der Waals surface area contributed by atoms with Crippen LogP contribution in [0.2, 0.25) is 0 Å². The van der Waals surface area contributed by atoms with E-state index in [1.807, 2.05) is 66.7 Å². The topological polar surface area (TPSA) is 204 Å². The molecular weight excluding hydrogens is 979 g/mol. The zero-order valence-corrected chi connectivity index (χ0v) is 45.5. The van der Waals surface area contributed by atoms with Crippen LogP contribution < -0.4 is 18.9 Å². The molecular formula is C59H73NO16. The quantitative estimate of drug-likeness (QED) is 0.0880.